The first kappa shape index (κ1) is 11.9. The van der Waals surface area contributed by atoms with Gasteiger partial charge in [0.1, 0.15) is 0 Å². The van der Waals surface area contributed by atoms with Crippen molar-refractivity contribution >= 4 is 10.8 Å². The second-order valence-electron chi connectivity index (χ2n) is 4.48. The molecule has 1 N–H and O–H groups in total. The Balaban J connectivity index is 2.02. The average molecular weight is 253 g/mol. The largest absolute Gasteiger partial charge is 0.396 e. The van der Waals surface area contributed by atoms with Crippen LogP contribution < -0.4 is 0 Å². The van der Waals surface area contributed by atoms with Gasteiger partial charge in [0.25, 0.3) is 0 Å². The lowest BCUT2D eigenvalue weighted by molar-refractivity contribution is 0.288. The number of aliphatic hydroxyl groups excluding tert-OH is 1. The van der Waals surface area contributed by atoms with Crippen LogP contribution >= 0.6 is 0 Å². The third-order valence-electron chi connectivity index (χ3n) is 3.15. The predicted octanol–water partition coefficient (Wildman–Crippen LogP) is 2.35. The summed E-state index contributed by atoms with van der Waals surface area (Å²) in [6.45, 7) is 0.182. The Hall–Kier alpha value is -2.20. The number of rotatable bonds is 4. The van der Waals surface area contributed by atoms with Crippen molar-refractivity contribution < 1.29 is 5.11 Å². The summed E-state index contributed by atoms with van der Waals surface area (Å²) in [5, 5.41) is 19.5. The van der Waals surface area contributed by atoms with E-state index in [1.54, 1.807) is 4.68 Å². The minimum absolute atomic E-state index is 0.182. The highest BCUT2D eigenvalue weighted by molar-refractivity contribution is 5.89. The van der Waals surface area contributed by atoms with E-state index in [2.05, 4.69) is 28.5 Å². The molecule has 0 atom stereocenters. The van der Waals surface area contributed by atoms with Gasteiger partial charge in [-0.05, 0) is 24.3 Å². The van der Waals surface area contributed by atoms with Crippen molar-refractivity contribution in [1.29, 1.82) is 0 Å². The molecular weight excluding hydrogens is 238 g/mol. The summed E-state index contributed by atoms with van der Waals surface area (Å²) in [6.07, 6.45) is 3.40. The molecule has 0 spiro atoms. The third kappa shape index (κ3) is 2.35. The number of nitrogens with zero attached hydrogens (tertiary/aromatic N) is 3. The van der Waals surface area contributed by atoms with Crippen molar-refractivity contribution in [3.05, 3.63) is 54.4 Å². The first-order chi connectivity index (χ1) is 9.38. The number of aryl methyl sites for hydroxylation is 1. The lowest BCUT2D eigenvalue weighted by Crippen LogP contribution is -1.95. The zero-order valence-corrected chi connectivity index (χ0v) is 10.5. The molecule has 0 unspecified atom stereocenters. The average Bonchev–Trinajstić information content (AvgIpc) is 2.93. The standard InChI is InChI=1S/C15H15N3O/c19-10-4-7-13-11-18(17-16-13)15-9-3-6-12-5-1-2-8-14(12)15/h1-3,5-6,8-9,11,19H,4,7,10H2. The van der Waals surface area contributed by atoms with Crippen molar-refractivity contribution in [2.45, 2.75) is 12.8 Å². The summed E-state index contributed by atoms with van der Waals surface area (Å²) < 4.78 is 1.80. The molecular formula is C15H15N3O. The second kappa shape index (κ2) is 5.20. The van der Waals surface area contributed by atoms with Gasteiger partial charge in [-0.3, -0.25) is 0 Å². The molecule has 0 radical (unpaired) electrons. The van der Waals surface area contributed by atoms with Crippen LogP contribution in [0.5, 0.6) is 0 Å². The Morgan fingerprint density at radius 1 is 1.05 bits per heavy atom. The molecule has 0 saturated heterocycles. The fourth-order valence-corrected chi connectivity index (χ4v) is 2.20. The van der Waals surface area contributed by atoms with Gasteiger partial charge in [0.2, 0.25) is 0 Å². The zero-order chi connectivity index (χ0) is 13.1. The smallest absolute Gasteiger partial charge is 0.0832 e. The van der Waals surface area contributed by atoms with Gasteiger partial charge in [-0.25, -0.2) is 4.68 Å². The van der Waals surface area contributed by atoms with Crippen LogP contribution in [0.25, 0.3) is 16.5 Å². The molecule has 0 aliphatic heterocycles. The quantitative estimate of drug-likeness (QED) is 0.776. The Morgan fingerprint density at radius 3 is 2.79 bits per heavy atom. The first-order valence-corrected chi connectivity index (χ1v) is 6.39. The maximum atomic E-state index is 8.84. The van der Waals surface area contributed by atoms with Crippen molar-refractivity contribution in [2.24, 2.45) is 0 Å². The van der Waals surface area contributed by atoms with E-state index in [4.69, 9.17) is 5.11 Å². The number of aromatic nitrogens is 3. The maximum Gasteiger partial charge on any atom is 0.0832 e. The van der Waals surface area contributed by atoms with E-state index >= 15 is 0 Å². The van der Waals surface area contributed by atoms with Crippen molar-refractivity contribution in [1.82, 2.24) is 15.0 Å². The zero-order valence-electron chi connectivity index (χ0n) is 10.5. The topological polar surface area (TPSA) is 50.9 Å². The normalized spacial score (nSPS) is 11.0. The van der Waals surface area contributed by atoms with E-state index < -0.39 is 0 Å². The van der Waals surface area contributed by atoms with Crippen molar-refractivity contribution in [2.75, 3.05) is 6.61 Å². The second-order valence-corrected chi connectivity index (χ2v) is 4.48. The van der Waals surface area contributed by atoms with Gasteiger partial charge >= 0.3 is 0 Å². The molecule has 0 fully saturated rings. The number of benzene rings is 2. The predicted molar refractivity (Wildman–Crippen MR) is 74.3 cm³/mol. The van der Waals surface area contributed by atoms with E-state index in [0.717, 1.165) is 23.2 Å². The van der Waals surface area contributed by atoms with Crippen LogP contribution in [0, 0.1) is 0 Å². The number of aliphatic hydroxyl groups is 1. The van der Waals surface area contributed by atoms with Crippen LogP contribution in [0.2, 0.25) is 0 Å². The number of hydrogen-bond donors (Lipinski definition) is 1. The number of fused-ring (bicyclic) bond motifs is 1. The lowest BCUT2D eigenvalue weighted by atomic mass is 10.1. The van der Waals surface area contributed by atoms with Crippen LogP contribution in [0.15, 0.2) is 48.7 Å². The number of hydrogen-bond acceptors (Lipinski definition) is 3. The summed E-state index contributed by atoms with van der Waals surface area (Å²) in [6, 6.07) is 14.4. The molecule has 0 aliphatic carbocycles. The van der Waals surface area contributed by atoms with Crippen molar-refractivity contribution in [3.63, 3.8) is 0 Å². The monoisotopic (exact) mass is 253 g/mol. The molecule has 3 aromatic rings. The Morgan fingerprint density at radius 2 is 1.89 bits per heavy atom. The van der Waals surface area contributed by atoms with Gasteiger partial charge in [0, 0.05) is 12.0 Å². The molecule has 2 aromatic carbocycles. The van der Waals surface area contributed by atoms with E-state index in [1.807, 2.05) is 30.5 Å². The Kier molecular flexibility index (Phi) is 3.25. The molecule has 3 rings (SSSR count). The van der Waals surface area contributed by atoms with E-state index in [-0.39, 0.29) is 6.61 Å². The SMILES string of the molecule is OCCCc1cn(-c2cccc3ccccc23)nn1. The van der Waals surface area contributed by atoms with Gasteiger partial charge in [0.15, 0.2) is 0 Å². The molecule has 0 aliphatic rings. The van der Waals surface area contributed by atoms with Gasteiger partial charge in [0.05, 0.1) is 17.6 Å². The van der Waals surface area contributed by atoms with E-state index in [0.29, 0.717) is 6.42 Å². The maximum absolute atomic E-state index is 8.84. The van der Waals surface area contributed by atoms with Crippen molar-refractivity contribution in [3.8, 4) is 5.69 Å². The molecule has 0 amide bonds. The summed E-state index contributed by atoms with van der Waals surface area (Å²) >= 11 is 0. The minimum Gasteiger partial charge on any atom is -0.396 e. The van der Waals surface area contributed by atoms with Crippen LogP contribution in [0.3, 0.4) is 0 Å². The molecule has 1 heterocycles. The Labute approximate surface area is 111 Å². The fourth-order valence-electron chi connectivity index (χ4n) is 2.20. The molecule has 96 valence electrons. The first-order valence-electron chi connectivity index (χ1n) is 6.39. The highest BCUT2D eigenvalue weighted by Crippen LogP contribution is 2.21. The summed E-state index contributed by atoms with van der Waals surface area (Å²) in [7, 11) is 0. The molecule has 19 heavy (non-hydrogen) atoms. The van der Waals surface area contributed by atoms with E-state index in [1.165, 1.54) is 5.39 Å². The summed E-state index contributed by atoms with van der Waals surface area (Å²) in [5.41, 5.74) is 1.93. The lowest BCUT2D eigenvalue weighted by Gasteiger charge is -2.05. The highest BCUT2D eigenvalue weighted by Gasteiger charge is 2.05. The molecule has 4 nitrogen and oxygen atoms in total. The van der Waals surface area contributed by atoms with Crippen LogP contribution in [-0.4, -0.2) is 26.7 Å². The summed E-state index contributed by atoms with van der Waals surface area (Å²) in [5.74, 6) is 0. The third-order valence-corrected chi connectivity index (χ3v) is 3.15. The summed E-state index contributed by atoms with van der Waals surface area (Å²) in [4.78, 5) is 0. The van der Waals surface area contributed by atoms with Crippen LogP contribution in [0.1, 0.15) is 12.1 Å². The molecule has 0 bridgehead atoms. The van der Waals surface area contributed by atoms with Gasteiger partial charge in [-0.1, -0.05) is 41.6 Å². The van der Waals surface area contributed by atoms with Gasteiger partial charge < -0.3 is 5.11 Å². The molecule has 1 aromatic heterocycles. The van der Waals surface area contributed by atoms with Gasteiger partial charge in [-0.15, -0.1) is 5.10 Å². The van der Waals surface area contributed by atoms with E-state index in [9.17, 15) is 0 Å². The van der Waals surface area contributed by atoms with Crippen LogP contribution in [-0.2, 0) is 6.42 Å². The highest BCUT2D eigenvalue weighted by atomic mass is 16.2. The fraction of sp³-hybridized carbons (Fsp3) is 0.200. The van der Waals surface area contributed by atoms with Gasteiger partial charge in [-0.2, -0.15) is 0 Å². The van der Waals surface area contributed by atoms with Crippen LogP contribution in [0.4, 0.5) is 0 Å². The Bertz CT molecular complexity index is 685. The molecule has 0 saturated carbocycles. The molecule has 4 heteroatoms. The minimum atomic E-state index is 0.182.